The van der Waals surface area contributed by atoms with Gasteiger partial charge in [-0.1, -0.05) is 30.3 Å². The van der Waals surface area contributed by atoms with Crippen molar-refractivity contribution in [2.75, 3.05) is 53.2 Å². The minimum absolute atomic E-state index is 0.679. The molecule has 1 fully saturated rings. The van der Waals surface area contributed by atoms with Gasteiger partial charge in [0.25, 0.3) is 0 Å². The zero-order valence-electron chi connectivity index (χ0n) is 16.4. The normalized spacial score (nSPS) is 16.6. The minimum atomic E-state index is 0.679. The number of benzene rings is 1. The van der Waals surface area contributed by atoms with Crippen LogP contribution < -0.4 is 20.4 Å². The van der Waals surface area contributed by atoms with Crippen LogP contribution in [0.25, 0.3) is 0 Å². The number of piperazine rings is 1. The number of hydrogen-bond donors (Lipinski definition) is 1. The van der Waals surface area contributed by atoms with E-state index < -0.39 is 0 Å². The molecule has 0 unspecified atom stereocenters. The molecule has 2 aromatic heterocycles. The zero-order chi connectivity index (χ0) is 19.6. The fraction of sp³-hybridized carbons (Fsp3) is 0.318. The molecule has 4 heterocycles. The summed E-state index contributed by atoms with van der Waals surface area (Å²) in [6.07, 6.45) is 4.50. The summed E-state index contributed by atoms with van der Waals surface area (Å²) >= 11 is 0. The van der Waals surface area contributed by atoms with Crippen molar-refractivity contribution in [2.45, 2.75) is 13.0 Å². The Morgan fingerprint density at radius 2 is 1.38 bits per heavy atom. The van der Waals surface area contributed by atoms with Gasteiger partial charge >= 0.3 is 0 Å². The summed E-state index contributed by atoms with van der Waals surface area (Å²) in [5.74, 6) is 2.71. The van der Waals surface area contributed by atoms with Crippen LogP contribution in [0.5, 0.6) is 0 Å². The molecule has 3 aromatic rings. The summed E-state index contributed by atoms with van der Waals surface area (Å²) in [5.41, 5.74) is 10.0. The van der Waals surface area contributed by atoms with Gasteiger partial charge in [-0.3, -0.25) is 0 Å². The van der Waals surface area contributed by atoms with Gasteiger partial charge in [-0.2, -0.15) is 0 Å². The number of fused-ring (bicyclic) bond motifs is 1. The Kier molecular flexibility index (Phi) is 4.63. The first-order valence-electron chi connectivity index (χ1n) is 10.1. The third-order valence-corrected chi connectivity index (χ3v) is 5.82. The number of nitrogen functional groups attached to an aromatic ring is 1. The van der Waals surface area contributed by atoms with Gasteiger partial charge in [-0.05, 0) is 29.7 Å². The zero-order valence-corrected chi connectivity index (χ0v) is 16.4. The second-order valence-electron chi connectivity index (χ2n) is 7.54. The van der Waals surface area contributed by atoms with Crippen LogP contribution in [0.15, 0.2) is 55.0 Å². The molecule has 1 saturated heterocycles. The highest BCUT2D eigenvalue weighted by Crippen LogP contribution is 2.32. The molecule has 7 nitrogen and oxygen atoms in total. The van der Waals surface area contributed by atoms with Gasteiger partial charge in [0.15, 0.2) is 11.6 Å². The quantitative estimate of drug-likeness (QED) is 0.739. The molecular formula is C22H25N7. The lowest BCUT2D eigenvalue weighted by atomic mass is 10.00. The van der Waals surface area contributed by atoms with Crippen LogP contribution in [0.2, 0.25) is 0 Å². The Labute approximate surface area is 170 Å². The van der Waals surface area contributed by atoms with Crippen molar-refractivity contribution in [1.82, 2.24) is 15.0 Å². The predicted molar refractivity (Wildman–Crippen MR) is 116 cm³/mol. The summed E-state index contributed by atoms with van der Waals surface area (Å²) in [4.78, 5) is 20.4. The lowest BCUT2D eigenvalue weighted by molar-refractivity contribution is 0.641. The molecule has 0 saturated carbocycles. The molecule has 148 valence electrons. The molecule has 5 rings (SSSR count). The van der Waals surface area contributed by atoms with E-state index in [9.17, 15) is 0 Å². The Morgan fingerprint density at radius 1 is 0.690 bits per heavy atom. The fourth-order valence-corrected chi connectivity index (χ4v) is 4.25. The van der Waals surface area contributed by atoms with Gasteiger partial charge < -0.3 is 20.4 Å². The van der Waals surface area contributed by atoms with Gasteiger partial charge in [-0.25, -0.2) is 15.0 Å². The van der Waals surface area contributed by atoms with E-state index in [0.29, 0.717) is 5.69 Å². The van der Waals surface area contributed by atoms with E-state index in [0.717, 1.165) is 63.1 Å². The molecule has 0 spiro atoms. The molecule has 0 aliphatic carbocycles. The number of aromatic nitrogens is 3. The summed E-state index contributed by atoms with van der Waals surface area (Å²) in [7, 11) is 0. The van der Waals surface area contributed by atoms with Gasteiger partial charge in [0, 0.05) is 45.5 Å². The van der Waals surface area contributed by atoms with Gasteiger partial charge in [0.2, 0.25) is 0 Å². The highest BCUT2D eigenvalue weighted by atomic mass is 15.3. The fourth-order valence-electron chi connectivity index (χ4n) is 4.25. The van der Waals surface area contributed by atoms with E-state index in [-0.39, 0.29) is 0 Å². The molecule has 2 aliphatic heterocycles. The highest BCUT2D eigenvalue weighted by molar-refractivity contribution is 5.76. The molecule has 1 aromatic carbocycles. The summed E-state index contributed by atoms with van der Waals surface area (Å²) < 4.78 is 0. The monoisotopic (exact) mass is 387 g/mol. The number of rotatable bonds is 3. The number of nitrogens with two attached hydrogens (primary N) is 1. The number of hydrogen-bond acceptors (Lipinski definition) is 7. The molecule has 7 heteroatoms. The van der Waals surface area contributed by atoms with E-state index in [1.165, 1.54) is 11.1 Å². The maximum atomic E-state index is 6.58. The first-order valence-corrected chi connectivity index (χ1v) is 10.1. The van der Waals surface area contributed by atoms with E-state index in [4.69, 9.17) is 5.73 Å². The van der Waals surface area contributed by atoms with Crippen LogP contribution in [-0.4, -0.2) is 47.7 Å². The second kappa shape index (κ2) is 7.58. The standard InChI is InChI=1S/C22H25N7/c23-20-21(28-13-11-27(12-14-28)19-7-3-4-9-24-19)25-16-26-22(20)29-10-8-17-5-1-2-6-18(17)15-29/h1-7,9,16H,8,10-15,23H2. The Morgan fingerprint density at radius 3 is 2.14 bits per heavy atom. The predicted octanol–water partition coefficient (Wildman–Crippen LogP) is 2.34. The molecule has 0 atom stereocenters. The first-order chi connectivity index (χ1) is 14.3. The molecule has 2 aliphatic rings. The average molecular weight is 387 g/mol. The van der Waals surface area contributed by atoms with E-state index in [1.54, 1.807) is 6.33 Å². The van der Waals surface area contributed by atoms with E-state index in [1.807, 2.05) is 18.3 Å². The minimum Gasteiger partial charge on any atom is -0.393 e. The maximum absolute atomic E-state index is 6.58. The molecule has 0 radical (unpaired) electrons. The summed E-state index contributed by atoms with van der Waals surface area (Å²) in [5, 5.41) is 0. The van der Waals surface area contributed by atoms with Crippen LogP contribution in [0.3, 0.4) is 0 Å². The Hall–Kier alpha value is -3.35. The topological polar surface area (TPSA) is 74.4 Å². The third-order valence-electron chi connectivity index (χ3n) is 5.82. The van der Waals surface area contributed by atoms with Crippen molar-refractivity contribution >= 4 is 23.1 Å². The van der Waals surface area contributed by atoms with Crippen molar-refractivity contribution in [3.05, 3.63) is 66.1 Å². The third kappa shape index (κ3) is 3.44. The molecule has 29 heavy (non-hydrogen) atoms. The number of anilines is 4. The van der Waals surface area contributed by atoms with E-state index in [2.05, 4.69) is 60.0 Å². The highest BCUT2D eigenvalue weighted by Gasteiger charge is 2.25. The van der Waals surface area contributed by atoms with Gasteiger partial charge in [0.1, 0.15) is 17.8 Å². The van der Waals surface area contributed by atoms with Gasteiger partial charge in [-0.15, -0.1) is 0 Å². The van der Waals surface area contributed by atoms with E-state index >= 15 is 0 Å². The van der Waals surface area contributed by atoms with Gasteiger partial charge in [0.05, 0.1) is 0 Å². The van der Waals surface area contributed by atoms with Crippen molar-refractivity contribution in [2.24, 2.45) is 0 Å². The lowest BCUT2D eigenvalue weighted by Crippen LogP contribution is -2.47. The van der Waals surface area contributed by atoms with Crippen LogP contribution in [0.4, 0.5) is 23.1 Å². The SMILES string of the molecule is Nc1c(N2CCN(c3ccccn3)CC2)ncnc1N1CCc2ccccc2C1. The van der Waals surface area contributed by atoms with Crippen LogP contribution >= 0.6 is 0 Å². The molecule has 0 amide bonds. The molecule has 0 bridgehead atoms. The molecular weight excluding hydrogens is 362 g/mol. The largest absolute Gasteiger partial charge is 0.393 e. The Bertz CT molecular complexity index is 983. The van der Waals surface area contributed by atoms with Crippen LogP contribution in [0, 0.1) is 0 Å². The van der Waals surface area contributed by atoms with Crippen LogP contribution in [0.1, 0.15) is 11.1 Å². The van der Waals surface area contributed by atoms with Crippen molar-refractivity contribution in [3.63, 3.8) is 0 Å². The van der Waals surface area contributed by atoms with Crippen molar-refractivity contribution in [3.8, 4) is 0 Å². The second-order valence-corrected chi connectivity index (χ2v) is 7.54. The number of pyridine rings is 1. The first kappa shape index (κ1) is 17.7. The Balaban J connectivity index is 1.33. The lowest BCUT2D eigenvalue weighted by Gasteiger charge is -2.37. The van der Waals surface area contributed by atoms with Crippen LogP contribution in [-0.2, 0) is 13.0 Å². The van der Waals surface area contributed by atoms with Crippen molar-refractivity contribution in [1.29, 1.82) is 0 Å². The number of nitrogens with zero attached hydrogens (tertiary/aromatic N) is 6. The summed E-state index contributed by atoms with van der Waals surface area (Å²) in [6.45, 7) is 5.27. The summed E-state index contributed by atoms with van der Waals surface area (Å²) in [6, 6.07) is 14.6. The smallest absolute Gasteiger partial charge is 0.157 e. The maximum Gasteiger partial charge on any atom is 0.157 e. The molecule has 2 N–H and O–H groups in total. The van der Waals surface area contributed by atoms with Crippen molar-refractivity contribution < 1.29 is 0 Å². The average Bonchev–Trinajstić information content (AvgIpc) is 2.80.